The van der Waals surface area contributed by atoms with E-state index in [1.165, 1.54) is 4.90 Å². The molecule has 1 saturated heterocycles. The fourth-order valence-electron chi connectivity index (χ4n) is 5.34. The van der Waals surface area contributed by atoms with E-state index < -0.39 is 17.7 Å². The summed E-state index contributed by atoms with van der Waals surface area (Å²) >= 11 is 0. The number of amides is 1. The number of methoxy groups -OCH3 is 1. The van der Waals surface area contributed by atoms with Gasteiger partial charge in [-0.3, -0.25) is 14.5 Å². The molecule has 1 aliphatic heterocycles. The van der Waals surface area contributed by atoms with Gasteiger partial charge >= 0.3 is 0 Å². The van der Waals surface area contributed by atoms with Crippen LogP contribution < -0.4 is 14.5 Å². The monoisotopic (exact) mass is 526 g/mol. The molecular formula is C33H38N2O4. The number of nitrogens with zero attached hydrogens (tertiary/aromatic N) is 2. The summed E-state index contributed by atoms with van der Waals surface area (Å²) in [4.78, 5) is 31.1. The summed E-state index contributed by atoms with van der Waals surface area (Å²) in [5.41, 5.74) is 5.86. The number of benzene rings is 3. The predicted molar refractivity (Wildman–Crippen MR) is 158 cm³/mol. The number of ketones is 1. The van der Waals surface area contributed by atoms with Gasteiger partial charge in [0.05, 0.1) is 18.7 Å². The maximum Gasteiger partial charge on any atom is 0.300 e. The Kier molecular flexibility index (Phi) is 8.14. The Morgan fingerprint density at radius 1 is 1.00 bits per heavy atom. The molecule has 3 aromatic carbocycles. The molecule has 1 atom stereocenters. The van der Waals surface area contributed by atoms with Crippen molar-refractivity contribution in [2.75, 3.05) is 30.0 Å². The van der Waals surface area contributed by atoms with Crippen molar-refractivity contribution in [2.45, 2.75) is 53.5 Å². The van der Waals surface area contributed by atoms with Crippen LogP contribution in [0.25, 0.3) is 5.76 Å². The van der Waals surface area contributed by atoms with Crippen LogP contribution in [0.4, 0.5) is 11.4 Å². The minimum Gasteiger partial charge on any atom is -0.507 e. The molecule has 1 amide bonds. The molecule has 0 spiro atoms. The Bertz CT molecular complexity index is 1420. The number of carbonyl (C=O) groups excluding carboxylic acids is 2. The Hall–Kier alpha value is -4.06. The van der Waals surface area contributed by atoms with Crippen molar-refractivity contribution in [1.82, 2.24) is 0 Å². The van der Waals surface area contributed by atoms with Crippen LogP contribution in [0.2, 0.25) is 0 Å². The van der Waals surface area contributed by atoms with Crippen LogP contribution in [0, 0.1) is 13.8 Å². The molecule has 4 rings (SSSR count). The van der Waals surface area contributed by atoms with Crippen LogP contribution in [0.15, 0.2) is 66.2 Å². The quantitative estimate of drug-likeness (QED) is 0.196. The number of hydrogen-bond donors (Lipinski definition) is 1. The van der Waals surface area contributed by atoms with E-state index in [9.17, 15) is 14.7 Å². The summed E-state index contributed by atoms with van der Waals surface area (Å²) in [6.45, 7) is 14.0. The highest BCUT2D eigenvalue weighted by atomic mass is 16.5. The first-order valence-corrected chi connectivity index (χ1v) is 13.5. The first kappa shape index (κ1) is 28.0. The minimum atomic E-state index is -0.777. The van der Waals surface area contributed by atoms with Crippen molar-refractivity contribution in [3.05, 3.63) is 94.1 Å². The maximum absolute atomic E-state index is 13.7. The Labute approximate surface area is 231 Å². The number of rotatable bonds is 8. The Morgan fingerprint density at radius 2 is 1.67 bits per heavy atom. The molecule has 1 heterocycles. The van der Waals surface area contributed by atoms with Crippen molar-refractivity contribution in [3.63, 3.8) is 0 Å². The van der Waals surface area contributed by atoms with Crippen LogP contribution in [0.3, 0.4) is 0 Å². The third-order valence-corrected chi connectivity index (χ3v) is 7.74. The molecule has 1 N–H and O–H groups in total. The highest BCUT2D eigenvalue weighted by molar-refractivity contribution is 6.51. The number of Topliss-reactive ketones (excluding diaryl/α,β-unsaturated/α-hetero) is 1. The first-order chi connectivity index (χ1) is 18.6. The van der Waals surface area contributed by atoms with Crippen molar-refractivity contribution in [2.24, 2.45) is 0 Å². The molecule has 0 aliphatic carbocycles. The van der Waals surface area contributed by atoms with Crippen molar-refractivity contribution in [3.8, 4) is 5.75 Å². The third-order valence-electron chi connectivity index (χ3n) is 7.74. The molecule has 1 unspecified atom stereocenters. The zero-order chi connectivity index (χ0) is 28.4. The van der Waals surface area contributed by atoms with Crippen LogP contribution in [0.5, 0.6) is 5.75 Å². The average Bonchev–Trinajstić information content (AvgIpc) is 3.20. The van der Waals surface area contributed by atoms with E-state index in [-0.39, 0.29) is 17.3 Å². The number of carbonyl (C=O) groups is 2. The Morgan fingerprint density at radius 3 is 2.26 bits per heavy atom. The van der Waals surface area contributed by atoms with Gasteiger partial charge in [0.1, 0.15) is 11.5 Å². The molecule has 1 fully saturated rings. The van der Waals surface area contributed by atoms with Crippen LogP contribution in [-0.4, -0.2) is 37.0 Å². The number of hydrogen-bond acceptors (Lipinski definition) is 5. The summed E-state index contributed by atoms with van der Waals surface area (Å²) in [6, 6.07) is 18.2. The fourth-order valence-corrected chi connectivity index (χ4v) is 5.34. The van der Waals surface area contributed by atoms with Gasteiger partial charge in [-0.05, 0) is 92.3 Å². The fraction of sp³-hybridized carbons (Fsp3) is 0.333. The molecule has 1 aliphatic rings. The lowest BCUT2D eigenvalue weighted by Crippen LogP contribution is -2.30. The second-order valence-corrected chi connectivity index (χ2v) is 10.3. The Balaban J connectivity index is 1.95. The summed E-state index contributed by atoms with van der Waals surface area (Å²) in [5, 5.41) is 11.6. The summed E-state index contributed by atoms with van der Waals surface area (Å²) in [6.07, 6.45) is 0. The molecular weight excluding hydrogens is 488 g/mol. The second kappa shape index (κ2) is 11.4. The van der Waals surface area contributed by atoms with Gasteiger partial charge in [-0.1, -0.05) is 38.1 Å². The highest BCUT2D eigenvalue weighted by Crippen LogP contribution is 2.44. The number of aliphatic hydroxyl groups excluding tert-OH is 1. The number of ether oxygens (including phenoxy) is 1. The highest BCUT2D eigenvalue weighted by Gasteiger charge is 2.47. The smallest absolute Gasteiger partial charge is 0.300 e. The zero-order valence-electron chi connectivity index (χ0n) is 23.9. The van der Waals surface area contributed by atoms with E-state index in [4.69, 9.17) is 4.74 Å². The lowest BCUT2D eigenvalue weighted by Gasteiger charge is -2.28. The second-order valence-electron chi connectivity index (χ2n) is 10.3. The van der Waals surface area contributed by atoms with Crippen LogP contribution in [-0.2, 0) is 9.59 Å². The lowest BCUT2D eigenvalue weighted by molar-refractivity contribution is -0.132. The van der Waals surface area contributed by atoms with E-state index >= 15 is 0 Å². The van der Waals surface area contributed by atoms with Gasteiger partial charge in [-0.25, -0.2) is 0 Å². The summed E-state index contributed by atoms with van der Waals surface area (Å²) in [7, 11) is 1.61. The topological polar surface area (TPSA) is 70.1 Å². The van der Waals surface area contributed by atoms with E-state index in [0.29, 0.717) is 17.0 Å². The molecule has 204 valence electrons. The minimum absolute atomic E-state index is 0.0800. The standard InChI is InChI=1S/C33H38N2O4/c1-8-34(9-2)25-16-13-23(14-17-25)30-29(31(36)24-15-18-28(39-7)26(19-24)20(3)4)32(37)33(38)35(30)27-12-10-11-21(5)22(27)6/h10-20,30,36H,8-9H2,1-7H3/b31-29+. The van der Waals surface area contributed by atoms with Crippen molar-refractivity contribution < 1.29 is 19.4 Å². The van der Waals surface area contributed by atoms with Gasteiger partial charge in [-0.2, -0.15) is 0 Å². The van der Waals surface area contributed by atoms with Crippen molar-refractivity contribution >= 4 is 28.8 Å². The van der Waals surface area contributed by atoms with Crippen molar-refractivity contribution in [1.29, 1.82) is 0 Å². The predicted octanol–water partition coefficient (Wildman–Crippen LogP) is 6.91. The zero-order valence-corrected chi connectivity index (χ0v) is 23.9. The average molecular weight is 527 g/mol. The summed E-state index contributed by atoms with van der Waals surface area (Å²) < 4.78 is 5.51. The molecule has 0 saturated carbocycles. The van der Waals surface area contributed by atoms with E-state index in [1.54, 1.807) is 19.2 Å². The van der Waals surface area contributed by atoms with Gasteiger partial charge in [0.2, 0.25) is 0 Å². The van der Waals surface area contributed by atoms with Gasteiger partial charge in [-0.15, -0.1) is 0 Å². The third kappa shape index (κ3) is 5.03. The number of anilines is 2. The maximum atomic E-state index is 13.7. The van der Waals surface area contributed by atoms with Gasteiger partial charge in [0.25, 0.3) is 11.7 Å². The molecule has 3 aromatic rings. The SMILES string of the molecule is CCN(CC)c1ccc(C2/C(=C(\O)c3ccc(OC)c(C(C)C)c3)C(=O)C(=O)N2c2cccc(C)c2C)cc1. The molecule has 6 nitrogen and oxygen atoms in total. The van der Waals surface area contributed by atoms with Crippen LogP contribution >= 0.6 is 0 Å². The van der Waals surface area contributed by atoms with Gasteiger partial charge in [0.15, 0.2) is 0 Å². The molecule has 0 radical (unpaired) electrons. The van der Waals surface area contributed by atoms with E-state index in [1.807, 2.05) is 76.2 Å². The van der Waals surface area contributed by atoms with E-state index in [2.05, 4.69) is 18.7 Å². The largest absolute Gasteiger partial charge is 0.507 e. The lowest BCUT2D eigenvalue weighted by atomic mass is 9.92. The van der Waals surface area contributed by atoms with Gasteiger partial charge in [0, 0.05) is 30.0 Å². The van der Waals surface area contributed by atoms with E-state index in [0.717, 1.165) is 41.0 Å². The molecule has 0 aromatic heterocycles. The van der Waals surface area contributed by atoms with Crippen LogP contribution in [0.1, 0.15) is 67.5 Å². The number of aryl methyl sites for hydroxylation is 1. The molecule has 39 heavy (non-hydrogen) atoms. The molecule has 0 bridgehead atoms. The molecule has 6 heteroatoms. The first-order valence-electron chi connectivity index (χ1n) is 13.5. The van der Waals surface area contributed by atoms with Gasteiger partial charge < -0.3 is 14.7 Å². The normalized spacial score (nSPS) is 16.7. The summed E-state index contributed by atoms with van der Waals surface area (Å²) in [5.74, 6) is -0.702. The number of aliphatic hydroxyl groups is 1.